The third-order valence-electron chi connectivity index (χ3n) is 2.41. The normalized spacial score (nSPS) is 10.9. The van der Waals surface area contributed by atoms with Gasteiger partial charge in [-0.05, 0) is 30.3 Å². The van der Waals surface area contributed by atoms with Crippen molar-refractivity contribution >= 4 is 34.5 Å². The zero-order chi connectivity index (χ0) is 13.9. The maximum absolute atomic E-state index is 11.7. The first-order chi connectivity index (χ1) is 9.03. The number of hydrogen-bond acceptors (Lipinski definition) is 5. The molecule has 0 N–H and O–H groups in total. The van der Waals surface area contributed by atoms with Crippen molar-refractivity contribution in [3.63, 3.8) is 0 Å². The Kier molecular flexibility index (Phi) is 6.75. The SMILES string of the molecule is COS(=O)(=O)c1ccc(S)c(Sc2ccccc2)c1.[Zn+2]. The summed E-state index contributed by atoms with van der Waals surface area (Å²) in [6, 6.07) is 14.4. The first-order valence-corrected chi connectivity index (χ1v) is 8.06. The Morgan fingerprint density at radius 2 is 1.75 bits per heavy atom. The second kappa shape index (κ2) is 7.62. The minimum atomic E-state index is -3.68. The van der Waals surface area contributed by atoms with Crippen LogP contribution in [-0.4, -0.2) is 15.5 Å². The van der Waals surface area contributed by atoms with Crippen molar-refractivity contribution in [1.82, 2.24) is 0 Å². The van der Waals surface area contributed by atoms with Gasteiger partial charge in [0.1, 0.15) is 0 Å². The molecule has 0 amide bonds. The van der Waals surface area contributed by atoms with Crippen LogP contribution in [0.5, 0.6) is 0 Å². The summed E-state index contributed by atoms with van der Waals surface area (Å²) >= 11 is 5.80. The number of benzene rings is 2. The molecule has 0 aliphatic heterocycles. The van der Waals surface area contributed by atoms with E-state index >= 15 is 0 Å². The quantitative estimate of drug-likeness (QED) is 0.503. The van der Waals surface area contributed by atoms with Crippen LogP contribution < -0.4 is 0 Å². The molecule has 0 atom stereocenters. The van der Waals surface area contributed by atoms with Gasteiger partial charge in [0.25, 0.3) is 10.1 Å². The molecule has 0 radical (unpaired) electrons. The Morgan fingerprint density at radius 3 is 2.35 bits per heavy atom. The van der Waals surface area contributed by atoms with Crippen LogP contribution in [0.1, 0.15) is 0 Å². The molecule has 0 heterocycles. The molecule has 2 aromatic carbocycles. The Balaban J connectivity index is 0.00000200. The van der Waals surface area contributed by atoms with Gasteiger partial charge in [-0.3, -0.25) is 4.18 Å². The van der Waals surface area contributed by atoms with Gasteiger partial charge >= 0.3 is 19.5 Å². The smallest absolute Gasteiger partial charge is 0.270 e. The summed E-state index contributed by atoms with van der Waals surface area (Å²) in [6.45, 7) is 0. The maximum atomic E-state index is 11.7. The predicted octanol–water partition coefficient (Wildman–Crippen LogP) is 3.46. The van der Waals surface area contributed by atoms with Crippen molar-refractivity contribution in [2.45, 2.75) is 19.6 Å². The fourth-order valence-corrected chi connectivity index (χ4v) is 3.39. The first-order valence-electron chi connectivity index (χ1n) is 5.39. The van der Waals surface area contributed by atoms with Gasteiger partial charge in [-0.15, -0.1) is 12.6 Å². The fourth-order valence-electron chi connectivity index (χ4n) is 1.44. The second-order valence-corrected chi connectivity index (χ2v) is 6.98. The van der Waals surface area contributed by atoms with E-state index in [1.54, 1.807) is 12.1 Å². The van der Waals surface area contributed by atoms with Gasteiger partial charge in [-0.1, -0.05) is 30.0 Å². The zero-order valence-corrected chi connectivity index (χ0v) is 16.3. The molecule has 0 spiro atoms. The molecule has 0 fully saturated rings. The predicted molar refractivity (Wildman–Crippen MR) is 78.5 cm³/mol. The van der Waals surface area contributed by atoms with E-state index in [0.29, 0.717) is 0 Å². The number of thiol groups is 1. The molecular weight excluding hydrogens is 366 g/mol. The Hall–Kier alpha value is -0.327. The monoisotopic (exact) mass is 376 g/mol. The van der Waals surface area contributed by atoms with E-state index in [1.807, 2.05) is 30.3 Å². The van der Waals surface area contributed by atoms with Crippen molar-refractivity contribution in [3.8, 4) is 0 Å². The van der Waals surface area contributed by atoms with Gasteiger partial charge in [0, 0.05) is 14.7 Å². The van der Waals surface area contributed by atoms with E-state index < -0.39 is 10.1 Å². The minimum Gasteiger partial charge on any atom is -0.270 e. The van der Waals surface area contributed by atoms with Gasteiger partial charge in [0.2, 0.25) is 0 Å². The van der Waals surface area contributed by atoms with Crippen LogP contribution in [0.25, 0.3) is 0 Å². The summed E-state index contributed by atoms with van der Waals surface area (Å²) in [4.78, 5) is 2.65. The molecule has 0 aromatic heterocycles. The molecule has 100 valence electrons. The van der Waals surface area contributed by atoms with Crippen LogP contribution in [0.15, 0.2) is 68.1 Å². The Bertz CT molecular complexity index is 673. The van der Waals surface area contributed by atoms with E-state index in [1.165, 1.54) is 17.8 Å². The second-order valence-electron chi connectivity index (χ2n) is 3.67. The topological polar surface area (TPSA) is 43.4 Å². The molecule has 0 bridgehead atoms. The summed E-state index contributed by atoms with van der Waals surface area (Å²) in [5.41, 5.74) is 0. The third-order valence-corrected chi connectivity index (χ3v) is 5.29. The summed E-state index contributed by atoms with van der Waals surface area (Å²) in [7, 11) is -2.53. The minimum absolute atomic E-state index is 0. The van der Waals surface area contributed by atoms with Crippen LogP contribution in [-0.2, 0) is 33.8 Å². The van der Waals surface area contributed by atoms with Crippen molar-refractivity contribution < 1.29 is 32.1 Å². The standard InChI is InChI=1S/C13H12O3S3.Zn/c1-16-19(14,15)11-7-8-12(17)13(9-11)18-10-5-3-2-4-6-10;/h2-9,17H,1H3;/q;+2. The van der Waals surface area contributed by atoms with E-state index in [0.717, 1.165) is 21.8 Å². The summed E-state index contributed by atoms with van der Waals surface area (Å²) in [5, 5.41) is 0. The van der Waals surface area contributed by atoms with Crippen LogP contribution in [0, 0.1) is 0 Å². The molecule has 0 unspecified atom stereocenters. The summed E-state index contributed by atoms with van der Waals surface area (Å²) < 4.78 is 27.8. The van der Waals surface area contributed by atoms with Gasteiger partial charge < -0.3 is 0 Å². The summed E-state index contributed by atoms with van der Waals surface area (Å²) in [6.07, 6.45) is 0. The van der Waals surface area contributed by atoms with E-state index in [2.05, 4.69) is 16.8 Å². The molecule has 0 aliphatic carbocycles. The van der Waals surface area contributed by atoms with Gasteiger partial charge in [0.05, 0.1) is 12.0 Å². The maximum Gasteiger partial charge on any atom is 2.00 e. The van der Waals surface area contributed by atoms with E-state index in [4.69, 9.17) is 0 Å². The molecule has 0 saturated carbocycles. The van der Waals surface area contributed by atoms with Crippen LogP contribution in [0.3, 0.4) is 0 Å². The fraction of sp³-hybridized carbons (Fsp3) is 0.0769. The molecule has 2 rings (SSSR count). The zero-order valence-electron chi connectivity index (χ0n) is 10.8. The largest absolute Gasteiger partial charge is 2.00 e. The Morgan fingerprint density at radius 1 is 1.10 bits per heavy atom. The number of rotatable bonds is 4. The van der Waals surface area contributed by atoms with Crippen molar-refractivity contribution in [2.75, 3.05) is 7.11 Å². The molecule has 7 heteroatoms. The van der Waals surface area contributed by atoms with Crippen LogP contribution >= 0.6 is 24.4 Å². The average molecular weight is 378 g/mol. The van der Waals surface area contributed by atoms with Gasteiger partial charge in [0.15, 0.2) is 0 Å². The molecular formula is C13H12O3S3Zn+2. The molecule has 0 saturated heterocycles. The molecule has 20 heavy (non-hydrogen) atoms. The van der Waals surface area contributed by atoms with E-state index in [9.17, 15) is 8.42 Å². The summed E-state index contributed by atoms with van der Waals surface area (Å²) in [5.74, 6) is 0. The molecule has 0 aliphatic rings. The van der Waals surface area contributed by atoms with Gasteiger partial charge in [-0.2, -0.15) is 8.42 Å². The van der Waals surface area contributed by atoms with Crippen molar-refractivity contribution in [2.24, 2.45) is 0 Å². The van der Waals surface area contributed by atoms with Gasteiger partial charge in [-0.25, -0.2) is 0 Å². The van der Waals surface area contributed by atoms with Crippen molar-refractivity contribution in [1.29, 1.82) is 0 Å². The third kappa shape index (κ3) is 4.33. The van der Waals surface area contributed by atoms with E-state index in [-0.39, 0.29) is 24.4 Å². The average Bonchev–Trinajstić information content (AvgIpc) is 2.42. The Labute approximate surface area is 141 Å². The van der Waals surface area contributed by atoms with Crippen LogP contribution in [0.4, 0.5) is 0 Å². The van der Waals surface area contributed by atoms with Crippen LogP contribution in [0.2, 0.25) is 0 Å². The number of hydrogen-bond donors (Lipinski definition) is 1. The first kappa shape index (κ1) is 17.7. The van der Waals surface area contributed by atoms with Crippen molar-refractivity contribution in [3.05, 3.63) is 48.5 Å². The molecule has 3 nitrogen and oxygen atoms in total. The molecule has 2 aromatic rings.